The Labute approximate surface area is 263 Å². The molecule has 0 heterocycles. The molecule has 5 aromatic rings. The Hall–Kier alpha value is -5.74. The Bertz CT molecular complexity index is 1890. The molecule has 0 saturated carbocycles. The summed E-state index contributed by atoms with van der Waals surface area (Å²) in [7, 11) is 0. The summed E-state index contributed by atoms with van der Waals surface area (Å²) in [6.45, 7) is 1.82. The number of rotatable bonds is 10. The van der Waals surface area contributed by atoms with Crippen LogP contribution >= 0.6 is 11.8 Å². The highest BCUT2D eigenvalue weighted by atomic mass is 32.2. The Morgan fingerprint density at radius 1 is 0.778 bits per heavy atom. The lowest BCUT2D eigenvalue weighted by molar-refractivity contribution is -0.384. The molecule has 10 heteroatoms. The quantitative estimate of drug-likeness (QED) is 0.0654. The normalized spacial score (nSPS) is 11.8. The van der Waals surface area contributed by atoms with Gasteiger partial charge in [0.1, 0.15) is 5.70 Å². The summed E-state index contributed by atoms with van der Waals surface area (Å²) < 4.78 is 0. The van der Waals surface area contributed by atoms with E-state index in [0.717, 1.165) is 21.4 Å². The number of benzene rings is 5. The van der Waals surface area contributed by atoms with Gasteiger partial charge in [0, 0.05) is 39.4 Å². The van der Waals surface area contributed by atoms with Crippen molar-refractivity contribution >= 4 is 63.4 Å². The van der Waals surface area contributed by atoms with Crippen molar-refractivity contribution in [3.63, 3.8) is 0 Å². The minimum absolute atomic E-state index is 0.0464. The van der Waals surface area contributed by atoms with Crippen LogP contribution < -0.4 is 16.0 Å². The molecule has 224 valence electrons. The molecule has 45 heavy (non-hydrogen) atoms. The van der Waals surface area contributed by atoms with Gasteiger partial charge in [-0.15, -0.1) is 11.8 Å². The van der Waals surface area contributed by atoms with Gasteiger partial charge in [-0.1, -0.05) is 54.6 Å². The fraction of sp³-hybridized carbons (Fsp3) is 0.0571. The molecule has 9 nitrogen and oxygen atoms in total. The van der Waals surface area contributed by atoms with Crippen molar-refractivity contribution in [2.75, 3.05) is 10.6 Å². The first-order chi connectivity index (χ1) is 21.8. The number of non-ortho nitro benzene ring substituents is 1. The van der Waals surface area contributed by atoms with Crippen molar-refractivity contribution < 1.29 is 19.3 Å². The molecule has 0 aromatic heterocycles. The lowest BCUT2D eigenvalue weighted by Crippen LogP contribution is -2.30. The van der Waals surface area contributed by atoms with Crippen LogP contribution in [0.3, 0.4) is 0 Å². The number of fused-ring (bicyclic) bond motifs is 1. The van der Waals surface area contributed by atoms with E-state index >= 15 is 0 Å². The summed E-state index contributed by atoms with van der Waals surface area (Å²) in [5.41, 5.74) is 1.93. The van der Waals surface area contributed by atoms with E-state index in [9.17, 15) is 24.5 Å². The Balaban J connectivity index is 1.26. The number of hydrogen-bond acceptors (Lipinski definition) is 6. The van der Waals surface area contributed by atoms with Crippen LogP contribution in [0.4, 0.5) is 17.1 Å². The van der Waals surface area contributed by atoms with Crippen molar-refractivity contribution in [3.8, 4) is 0 Å². The zero-order valence-corrected chi connectivity index (χ0v) is 24.9. The van der Waals surface area contributed by atoms with Crippen molar-refractivity contribution in [1.82, 2.24) is 5.32 Å². The third-order valence-electron chi connectivity index (χ3n) is 6.79. The van der Waals surface area contributed by atoms with Crippen LogP contribution in [0.5, 0.6) is 0 Å². The molecule has 5 aromatic carbocycles. The Morgan fingerprint density at radius 2 is 1.44 bits per heavy atom. The maximum absolute atomic E-state index is 13.3. The monoisotopic (exact) mass is 616 g/mol. The second-order valence-corrected chi connectivity index (χ2v) is 11.4. The van der Waals surface area contributed by atoms with Crippen molar-refractivity contribution in [2.45, 2.75) is 17.1 Å². The minimum Gasteiger partial charge on any atom is -0.325 e. The molecule has 0 saturated heterocycles. The van der Waals surface area contributed by atoms with Crippen molar-refractivity contribution in [2.24, 2.45) is 0 Å². The average molecular weight is 617 g/mol. The molecule has 0 fully saturated rings. The van der Waals surface area contributed by atoms with Gasteiger partial charge in [0.15, 0.2) is 0 Å². The third kappa shape index (κ3) is 8.01. The van der Waals surface area contributed by atoms with Crippen LogP contribution in [0.25, 0.3) is 16.8 Å². The van der Waals surface area contributed by atoms with Crippen molar-refractivity contribution in [1.29, 1.82) is 0 Å². The molecule has 1 unspecified atom stereocenters. The predicted octanol–water partition coefficient (Wildman–Crippen LogP) is 7.28. The van der Waals surface area contributed by atoms with Crippen LogP contribution in [0, 0.1) is 10.1 Å². The standard InChI is InChI=1S/C35H28N4O5S/c1-23(33(40)37-31-13-7-11-25-8-5-6-12-30(25)31)45-29-20-16-27(17-21-29)36-35(42)32(38-34(41)26-9-3-2-4-10-26)22-24-14-18-28(19-15-24)39(43)44/h2-23H,1H3,(H,36,42)(H,37,40)(H,38,41)/b32-22-. The van der Waals surface area contributed by atoms with E-state index in [-0.39, 0.29) is 17.3 Å². The number of amides is 3. The Kier molecular flexibility index (Phi) is 9.66. The van der Waals surface area contributed by atoms with E-state index in [4.69, 9.17) is 0 Å². The van der Waals surface area contributed by atoms with Gasteiger partial charge in [-0.25, -0.2) is 0 Å². The predicted molar refractivity (Wildman–Crippen MR) is 178 cm³/mol. The van der Waals surface area contributed by atoms with E-state index in [0.29, 0.717) is 16.8 Å². The molecule has 5 rings (SSSR count). The minimum atomic E-state index is -0.583. The largest absolute Gasteiger partial charge is 0.325 e. The van der Waals surface area contributed by atoms with E-state index in [1.807, 2.05) is 49.4 Å². The number of nitrogens with one attached hydrogen (secondary N) is 3. The van der Waals surface area contributed by atoms with E-state index < -0.39 is 22.0 Å². The molecule has 0 bridgehead atoms. The molecular formula is C35H28N4O5S. The number of nitrogens with zero attached hydrogens (tertiary/aromatic N) is 1. The maximum atomic E-state index is 13.3. The van der Waals surface area contributed by atoms with Gasteiger partial charge in [-0.3, -0.25) is 24.5 Å². The van der Waals surface area contributed by atoms with Crippen LogP contribution in [-0.2, 0) is 9.59 Å². The number of anilines is 2. The van der Waals surface area contributed by atoms with E-state index in [2.05, 4.69) is 16.0 Å². The number of nitro groups is 1. The van der Waals surface area contributed by atoms with Gasteiger partial charge in [0.25, 0.3) is 17.5 Å². The second kappa shape index (κ2) is 14.2. The van der Waals surface area contributed by atoms with Gasteiger partial charge in [-0.2, -0.15) is 0 Å². The molecule has 0 aliphatic carbocycles. The second-order valence-electron chi connectivity index (χ2n) is 9.98. The zero-order valence-electron chi connectivity index (χ0n) is 24.1. The summed E-state index contributed by atoms with van der Waals surface area (Å²) in [5, 5.41) is 21.1. The molecule has 3 amide bonds. The first-order valence-corrected chi connectivity index (χ1v) is 14.8. The first-order valence-electron chi connectivity index (χ1n) is 14.0. The molecule has 0 radical (unpaired) electrons. The van der Waals surface area contributed by atoms with Crippen molar-refractivity contribution in [3.05, 3.63) is 148 Å². The van der Waals surface area contributed by atoms with Crippen LogP contribution in [0.2, 0.25) is 0 Å². The molecule has 1 atom stereocenters. The molecule has 3 N–H and O–H groups in total. The maximum Gasteiger partial charge on any atom is 0.272 e. The van der Waals surface area contributed by atoms with Crippen LogP contribution in [-0.4, -0.2) is 27.9 Å². The highest BCUT2D eigenvalue weighted by Crippen LogP contribution is 2.28. The topological polar surface area (TPSA) is 130 Å². The lowest BCUT2D eigenvalue weighted by Gasteiger charge is -2.14. The molecule has 0 aliphatic rings. The zero-order chi connectivity index (χ0) is 31.8. The smallest absolute Gasteiger partial charge is 0.272 e. The highest BCUT2D eigenvalue weighted by molar-refractivity contribution is 8.00. The van der Waals surface area contributed by atoms with E-state index in [1.165, 1.54) is 42.1 Å². The summed E-state index contributed by atoms with van der Waals surface area (Å²) in [6, 6.07) is 34.7. The summed E-state index contributed by atoms with van der Waals surface area (Å²) in [5.74, 6) is -1.20. The summed E-state index contributed by atoms with van der Waals surface area (Å²) in [4.78, 5) is 50.5. The van der Waals surface area contributed by atoms with Gasteiger partial charge in [-0.05, 0) is 78.5 Å². The first kappa shape index (κ1) is 30.7. The summed E-state index contributed by atoms with van der Waals surface area (Å²) in [6.07, 6.45) is 1.44. The van der Waals surface area contributed by atoms with Gasteiger partial charge in [0.2, 0.25) is 5.91 Å². The molecule has 0 spiro atoms. The van der Waals surface area contributed by atoms with Crippen LogP contribution in [0.15, 0.2) is 132 Å². The molecular weight excluding hydrogens is 588 g/mol. The number of hydrogen-bond donors (Lipinski definition) is 3. The Morgan fingerprint density at radius 3 is 2.16 bits per heavy atom. The van der Waals surface area contributed by atoms with E-state index in [1.54, 1.807) is 54.6 Å². The third-order valence-corrected chi connectivity index (χ3v) is 7.90. The van der Waals surface area contributed by atoms with Gasteiger partial charge >= 0.3 is 0 Å². The number of carbonyl (C=O) groups excluding carboxylic acids is 3. The average Bonchev–Trinajstić information content (AvgIpc) is 3.06. The van der Waals surface area contributed by atoms with Gasteiger partial charge < -0.3 is 16.0 Å². The SMILES string of the molecule is CC(Sc1ccc(NC(=O)/C(=C/c2ccc([N+](=O)[O-])cc2)NC(=O)c2ccccc2)cc1)C(=O)Nc1cccc2ccccc12. The molecule has 0 aliphatic heterocycles. The van der Waals surface area contributed by atoms with Gasteiger partial charge in [0.05, 0.1) is 10.2 Å². The van der Waals surface area contributed by atoms with Crippen LogP contribution in [0.1, 0.15) is 22.8 Å². The number of thioether (sulfide) groups is 1. The fourth-order valence-corrected chi connectivity index (χ4v) is 5.31. The highest BCUT2D eigenvalue weighted by Gasteiger charge is 2.18. The number of nitro benzene ring substituents is 1. The number of carbonyl (C=O) groups is 3. The lowest BCUT2D eigenvalue weighted by atomic mass is 10.1. The summed E-state index contributed by atoms with van der Waals surface area (Å²) >= 11 is 1.38. The fourth-order valence-electron chi connectivity index (χ4n) is 4.44.